The van der Waals surface area contributed by atoms with Gasteiger partial charge in [-0.05, 0) is 24.3 Å². The van der Waals surface area contributed by atoms with Crippen molar-refractivity contribution in [2.45, 2.75) is 74.4 Å². The first-order valence-corrected chi connectivity index (χ1v) is 14.8. The van der Waals surface area contributed by atoms with E-state index in [-0.39, 0.29) is 33.5 Å². The highest BCUT2D eigenvalue weighted by atomic mass is 32.2. The van der Waals surface area contributed by atoms with Crippen molar-refractivity contribution >= 4 is 43.8 Å². The second-order valence-corrected chi connectivity index (χ2v) is 16.3. The summed E-state index contributed by atoms with van der Waals surface area (Å²) in [5.41, 5.74) is -0.154. The summed E-state index contributed by atoms with van der Waals surface area (Å²) in [6.07, 6.45) is 0.0718. The molecule has 1 aromatic carbocycles. The van der Waals surface area contributed by atoms with Crippen LogP contribution in [0.25, 0.3) is 0 Å². The Labute approximate surface area is 195 Å². The van der Waals surface area contributed by atoms with Gasteiger partial charge in [-0.1, -0.05) is 59.7 Å². The summed E-state index contributed by atoms with van der Waals surface area (Å²) in [6, 6.07) is 4.13. The van der Waals surface area contributed by atoms with Crippen LogP contribution in [-0.4, -0.2) is 52.0 Å². The third-order valence-corrected chi connectivity index (χ3v) is 9.37. The average molecular weight is 515 g/mol. The van der Waals surface area contributed by atoms with Gasteiger partial charge in [0.1, 0.15) is 16.2 Å². The number of benzene rings is 1. The van der Waals surface area contributed by atoms with Crippen molar-refractivity contribution in [3.8, 4) is 5.75 Å². The minimum atomic E-state index is -4.56. The molecule has 7 nitrogen and oxygen atoms in total. The Morgan fingerprint density at radius 2 is 1.10 bits per heavy atom. The number of rotatable bonds is 10. The fourth-order valence-corrected chi connectivity index (χ4v) is 7.06. The van der Waals surface area contributed by atoms with E-state index in [2.05, 4.69) is 0 Å². The van der Waals surface area contributed by atoms with Gasteiger partial charge >= 0.3 is 0 Å². The van der Waals surface area contributed by atoms with Crippen LogP contribution in [0.4, 0.5) is 0 Å². The SMILES string of the molecule is CC(C)(C)SCCC(c1cccc(C(CCSC(C)(C)C)S(=O)(=O)O)c1O)S(=O)(=O)O. The number of para-hydroxylation sites is 1. The Morgan fingerprint density at radius 1 is 0.774 bits per heavy atom. The number of aromatic hydroxyl groups is 1. The molecule has 1 rings (SSSR count). The van der Waals surface area contributed by atoms with Gasteiger partial charge in [0.2, 0.25) is 0 Å². The minimum Gasteiger partial charge on any atom is -0.507 e. The fourth-order valence-electron chi connectivity index (χ4n) is 2.97. The van der Waals surface area contributed by atoms with Crippen LogP contribution in [0.15, 0.2) is 18.2 Å². The van der Waals surface area contributed by atoms with E-state index in [0.717, 1.165) is 0 Å². The van der Waals surface area contributed by atoms with Gasteiger partial charge < -0.3 is 5.11 Å². The van der Waals surface area contributed by atoms with E-state index in [4.69, 9.17) is 0 Å². The Morgan fingerprint density at radius 3 is 1.35 bits per heavy atom. The van der Waals surface area contributed by atoms with E-state index in [1.807, 2.05) is 41.5 Å². The Hall–Kier alpha value is -0.460. The molecule has 0 spiro atoms. The third-order valence-electron chi connectivity index (χ3n) is 4.34. The van der Waals surface area contributed by atoms with Gasteiger partial charge in [0.05, 0.1) is 0 Å². The molecule has 0 aliphatic rings. The van der Waals surface area contributed by atoms with Crippen LogP contribution in [0.3, 0.4) is 0 Å². The largest absolute Gasteiger partial charge is 0.507 e. The van der Waals surface area contributed by atoms with E-state index in [9.17, 15) is 31.0 Å². The molecule has 0 fully saturated rings. The summed E-state index contributed by atoms with van der Waals surface area (Å²) in [7, 11) is -9.12. The average Bonchev–Trinajstić information content (AvgIpc) is 2.53. The van der Waals surface area contributed by atoms with Crippen LogP contribution in [0.1, 0.15) is 76.0 Å². The molecule has 0 heterocycles. The van der Waals surface area contributed by atoms with Crippen molar-refractivity contribution in [3.63, 3.8) is 0 Å². The first-order valence-electron chi connectivity index (χ1n) is 9.85. The van der Waals surface area contributed by atoms with Crippen LogP contribution < -0.4 is 0 Å². The molecule has 0 saturated heterocycles. The summed E-state index contributed by atoms with van der Waals surface area (Å²) >= 11 is 3.02. The lowest BCUT2D eigenvalue weighted by molar-refractivity contribution is 0.436. The molecular weight excluding hydrogens is 480 g/mol. The number of thioether (sulfide) groups is 2. The van der Waals surface area contributed by atoms with Gasteiger partial charge in [0.15, 0.2) is 0 Å². The van der Waals surface area contributed by atoms with Crippen LogP contribution in [-0.2, 0) is 20.2 Å². The molecule has 2 unspecified atom stereocenters. The normalized spacial score (nSPS) is 15.6. The smallest absolute Gasteiger partial charge is 0.272 e. The zero-order valence-electron chi connectivity index (χ0n) is 18.8. The van der Waals surface area contributed by atoms with Gasteiger partial charge in [-0.15, -0.1) is 0 Å². The maximum absolute atomic E-state index is 12.1. The first kappa shape index (κ1) is 28.6. The molecule has 11 heteroatoms. The molecule has 0 aliphatic carbocycles. The maximum atomic E-state index is 12.1. The molecule has 0 radical (unpaired) electrons. The van der Waals surface area contributed by atoms with Crippen molar-refractivity contribution in [3.05, 3.63) is 29.3 Å². The van der Waals surface area contributed by atoms with Gasteiger partial charge in [-0.3, -0.25) is 9.11 Å². The topological polar surface area (TPSA) is 129 Å². The van der Waals surface area contributed by atoms with E-state index in [0.29, 0.717) is 11.5 Å². The zero-order valence-corrected chi connectivity index (χ0v) is 22.1. The quantitative estimate of drug-likeness (QED) is 0.365. The van der Waals surface area contributed by atoms with Crippen molar-refractivity contribution in [2.24, 2.45) is 0 Å². The Kier molecular flexibility index (Phi) is 9.81. The summed E-state index contributed by atoms with van der Waals surface area (Å²) < 4.78 is 67.6. The molecule has 0 amide bonds. The Balaban J connectivity index is 3.32. The molecular formula is C20H34O7S4. The summed E-state index contributed by atoms with van der Waals surface area (Å²) in [4.78, 5) is 0. The van der Waals surface area contributed by atoms with Crippen molar-refractivity contribution in [2.75, 3.05) is 11.5 Å². The van der Waals surface area contributed by atoms with Crippen molar-refractivity contribution in [1.29, 1.82) is 0 Å². The molecule has 1 aromatic rings. The third kappa shape index (κ3) is 9.91. The summed E-state index contributed by atoms with van der Waals surface area (Å²) in [5, 5.41) is 7.99. The van der Waals surface area contributed by atoms with Gasteiger partial charge in [0.25, 0.3) is 20.2 Å². The lowest BCUT2D eigenvalue weighted by Gasteiger charge is -2.23. The summed E-state index contributed by atoms with van der Waals surface area (Å²) in [6.45, 7) is 11.9. The molecule has 2 atom stereocenters. The van der Waals surface area contributed by atoms with Gasteiger partial charge in [-0.2, -0.15) is 40.4 Å². The van der Waals surface area contributed by atoms with Gasteiger partial charge in [0, 0.05) is 20.6 Å². The maximum Gasteiger partial charge on any atom is 0.272 e. The highest BCUT2D eigenvalue weighted by Crippen LogP contribution is 2.41. The van der Waals surface area contributed by atoms with Crippen molar-refractivity contribution < 1.29 is 31.0 Å². The highest BCUT2D eigenvalue weighted by molar-refractivity contribution is 8.00. The molecule has 3 N–H and O–H groups in total. The summed E-state index contributed by atoms with van der Waals surface area (Å²) in [5.74, 6) is 0.276. The fraction of sp³-hybridized carbons (Fsp3) is 0.700. The van der Waals surface area contributed by atoms with E-state index < -0.39 is 36.5 Å². The number of phenols is 1. The second kappa shape index (κ2) is 10.6. The molecule has 31 heavy (non-hydrogen) atoms. The van der Waals surface area contributed by atoms with E-state index in [1.165, 1.54) is 41.7 Å². The predicted molar refractivity (Wildman–Crippen MR) is 130 cm³/mol. The van der Waals surface area contributed by atoms with Crippen LogP contribution in [0.2, 0.25) is 0 Å². The van der Waals surface area contributed by atoms with Gasteiger partial charge in [-0.25, -0.2) is 0 Å². The minimum absolute atomic E-state index is 0.0359. The molecule has 0 aromatic heterocycles. The van der Waals surface area contributed by atoms with Crippen molar-refractivity contribution in [1.82, 2.24) is 0 Å². The monoisotopic (exact) mass is 514 g/mol. The molecule has 180 valence electrons. The zero-order chi connectivity index (χ0) is 24.3. The Bertz CT molecular complexity index is 868. The van der Waals surface area contributed by atoms with Crippen LogP contribution >= 0.6 is 23.5 Å². The highest BCUT2D eigenvalue weighted by Gasteiger charge is 2.33. The number of hydrogen-bond acceptors (Lipinski definition) is 7. The molecule has 0 bridgehead atoms. The standard InChI is InChI=1S/C20H34O7S4/c1-19(2,3)28-12-10-16(30(22,23)24)14-8-7-9-15(18(14)21)17(31(25,26)27)11-13-29-20(4,5)6/h7-9,16-17,21H,10-13H2,1-6H3,(H,22,23,24)(H,25,26,27). The number of hydrogen-bond donors (Lipinski definition) is 3. The lowest BCUT2D eigenvalue weighted by atomic mass is 10.0. The second-order valence-electron chi connectivity index (χ2n) is 9.29. The number of phenolic OH excluding ortho intramolecular Hbond substituents is 1. The van der Waals surface area contributed by atoms with E-state index >= 15 is 0 Å². The predicted octanol–water partition coefficient (Wildman–Crippen LogP) is 5.09. The molecule has 0 aliphatic heterocycles. The van der Waals surface area contributed by atoms with Crippen LogP contribution in [0, 0.1) is 0 Å². The first-order chi connectivity index (χ1) is 13.8. The lowest BCUT2D eigenvalue weighted by Crippen LogP contribution is -2.18. The molecule has 0 saturated carbocycles. The van der Waals surface area contributed by atoms with E-state index in [1.54, 1.807) is 0 Å². The van der Waals surface area contributed by atoms with Crippen LogP contribution in [0.5, 0.6) is 5.75 Å².